The lowest BCUT2D eigenvalue weighted by Crippen LogP contribution is -2.27. The van der Waals surface area contributed by atoms with E-state index in [0.29, 0.717) is 23.9 Å². The molecular formula is C15H17FN4OS. The molecule has 0 aliphatic rings. The van der Waals surface area contributed by atoms with Crippen LogP contribution in [0.15, 0.2) is 35.5 Å². The molecule has 3 N–H and O–H groups in total. The van der Waals surface area contributed by atoms with Gasteiger partial charge in [0.1, 0.15) is 11.6 Å². The van der Waals surface area contributed by atoms with E-state index in [1.165, 1.54) is 23.9 Å². The first-order valence-corrected chi connectivity index (χ1v) is 7.76. The summed E-state index contributed by atoms with van der Waals surface area (Å²) in [4.78, 5) is 20.0. The molecule has 0 atom stereocenters. The maximum absolute atomic E-state index is 12.8. The van der Waals surface area contributed by atoms with Crippen molar-refractivity contribution in [2.24, 2.45) is 0 Å². The van der Waals surface area contributed by atoms with Crippen LogP contribution in [0.5, 0.6) is 0 Å². The Morgan fingerprint density at radius 2 is 2.05 bits per heavy atom. The van der Waals surface area contributed by atoms with Gasteiger partial charge in [-0.3, -0.25) is 4.79 Å². The zero-order valence-electron chi connectivity index (χ0n) is 12.2. The number of thioether (sulfide) groups is 1. The van der Waals surface area contributed by atoms with Crippen LogP contribution < -0.4 is 11.1 Å². The number of hydrogen-bond acceptors (Lipinski definition) is 5. The van der Waals surface area contributed by atoms with E-state index >= 15 is 0 Å². The smallest absolute Gasteiger partial charge is 0.230 e. The van der Waals surface area contributed by atoms with E-state index in [9.17, 15) is 9.18 Å². The van der Waals surface area contributed by atoms with Crippen molar-refractivity contribution in [1.82, 2.24) is 15.3 Å². The van der Waals surface area contributed by atoms with Gasteiger partial charge < -0.3 is 11.1 Å². The molecule has 1 heterocycles. The van der Waals surface area contributed by atoms with Gasteiger partial charge in [0, 0.05) is 18.3 Å². The molecule has 0 saturated heterocycles. The number of aromatic nitrogens is 2. The van der Waals surface area contributed by atoms with E-state index in [4.69, 9.17) is 5.73 Å². The van der Waals surface area contributed by atoms with Crippen molar-refractivity contribution >= 4 is 23.5 Å². The van der Waals surface area contributed by atoms with Gasteiger partial charge in [-0.25, -0.2) is 14.4 Å². The van der Waals surface area contributed by atoms with Crippen LogP contribution in [-0.2, 0) is 11.2 Å². The van der Waals surface area contributed by atoms with Gasteiger partial charge >= 0.3 is 0 Å². The molecule has 1 aromatic heterocycles. The van der Waals surface area contributed by atoms with Crippen molar-refractivity contribution in [3.8, 4) is 0 Å². The molecule has 2 rings (SSSR count). The summed E-state index contributed by atoms with van der Waals surface area (Å²) < 4.78 is 12.8. The normalized spacial score (nSPS) is 10.5. The molecule has 0 aliphatic carbocycles. The number of nitrogens with one attached hydrogen (secondary N) is 1. The van der Waals surface area contributed by atoms with Gasteiger partial charge in [0.05, 0.1) is 5.75 Å². The summed E-state index contributed by atoms with van der Waals surface area (Å²) >= 11 is 1.24. The first-order valence-electron chi connectivity index (χ1n) is 6.78. The van der Waals surface area contributed by atoms with E-state index in [2.05, 4.69) is 15.3 Å². The monoisotopic (exact) mass is 320 g/mol. The summed E-state index contributed by atoms with van der Waals surface area (Å²) in [6.07, 6.45) is 0.657. The quantitative estimate of drug-likeness (QED) is 0.628. The highest BCUT2D eigenvalue weighted by Crippen LogP contribution is 2.14. The molecule has 0 aliphatic heterocycles. The fourth-order valence-corrected chi connectivity index (χ4v) is 2.55. The topological polar surface area (TPSA) is 80.9 Å². The van der Waals surface area contributed by atoms with Gasteiger partial charge in [-0.05, 0) is 31.0 Å². The molecule has 0 saturated carbocycles. The number of amides is 1. The van der Waals surface area contributed by atoms with Crippen molar-refractivity contribution in [3.63, 3.8) is 0 Å². The van der Waals surface area contributed by atoms with E-state index in [1.807, 2.05) is 6.92 Å². The molecule has 0 radical (unpaired) electrons. The Hall–Kier alpha value is -2.15. The van der Waals surface area contributed by atoms with Crippen molar-refractivity contribution in [2.45, 2.75) is 18.5 Å². The van der Waals surface area contributed by atoms with Crippen LogP contribution in [0.4, 0.5) is 10.2 Å². The zero-order chi connectivity index (χ0) is 15.9. The third-order valence-electron chi connectivity index (χ3n) is 2.83. The largest absolute Gasteiger partial charge is 0.384 e. The molecule has 2 aromatic rings. The Morgan fingerprint density at radius 1 is 1.32 bits per heavy atom. The summed E-state index contributed by atoms with van der Waals surface area (Å²) in [6, 6.07) is 7.91. The molecule has 0 unspecified atom stereocenters. The van der Waals surface area contributed by atoms with Crippen LogP contribution in [-0.4, -0.2) is 28.2 Å². The number of rotatable bonds is 6. The minimum atomic E-state index is -0.262. The summed E-state index contributed by atoms with van der Waals surface area (Å²) in [5.74, 6) is 0.260. The number of hydrogen-bond donors (Lipinski definition) is 2. The van der Waals surface area contributed by atoms with Crippen LogP contribution >= 0.6 is 11.8 Å². The van der Waals surface area contributed by atoms with Crippen LogP contribution in [0.1, 0.15) is 11.3 Å². The molecule has 1 amide bonds. The highest BCUT2D eigenvalue weighted by atomic mass is 32.2. The van der Waals surface area contributed by atoms with E-state index in [1.54, 1.807) is 18.2 Å². The second-order valence-corrected chi connectivity index (χ2v) is 5.67. The van der Waals surface area contributed by atoms with E-state index in [0.717, 1.165) is 11.3 Å². The average Bonchev–Trinajstić information content (AvgIpc) is 2.46. The third kappa shape index (κ3) is 5.33. The number of carbonyl (C=O) groups excluding carboxylic acids is 1. The second-order valence-electron chi connectivity index (χ2n) is 4.73. The Labute approximate surface area is 132 Å². The molecule has 7 heteroatoms. The highest BCUT2D eigenvalue weighted by Gasteiger charge is 2.06. The van der Waals surface area contributed by atoms with Crippen LogP contribution in [0.2, 0.25) is 0 Å². The summed E-state index contributed by atoms with van der Waals surface area (Å²) in [5.41, 5.74) is 7.38. The Balaban J connectivity index is 1.72. The predicted molar refractivity (Wildman–Crippen MR) is 85.0 cm³/mol. The SMILES string of the molecule is Cc1cc(N)nc(SCC(=O)NCCc2ccc(F)cc2)n1. The third-order valence-corrected chi connectivity index (χ3v) is 3.68. The maximum Gasteiger partial charge on any atom is 0.230 e. The molecule has 0 bridgehead atoms. The van der Waals surface area contributed by atoms with Crippen LogP contribution in [0, 0.1) is 12.7 Å². The Kier molecular flexibility index (Phi) is 5.71. The van der Waals surface area contributed by atoms with Crippen LogP contribution in [0.3, 0.4) is 0 Å². The zero-order valence-corrected chi connectivity index (χ0v) is 13.0. The molecule has 22 heavy (non-hydrogen) atoms. The Morgan fingerprint density at radius 3 is 2.73 bits per heavy atom. The summed E-state index contributed by atoms with van der Waals surface area (Å²) in [5, 5.41) is 3.30. The maximum atomic E-state index is 12.8. The number of nitrogens with two attached hydrogens (primary N) is 1. The van der Waals surface area contributed by atoms with Crippen molar-refractivity contribution in [2.75, 3.05) is 18.0 Å². The standard InChI is InChI=1S/C15H17FN4OS/c1-10-8-13(17)20-15(19-10)22-9-14(21)18-7-6-11-2-4-12(16)5-3-11/h2-5,8H,6-7,9H2,1H3,(H,18,21)(H2,17,19,20). The van der Waals surface area contributed by atoms with E-state index in [-0.39, 0.29) is 17.5 Å². The Bertz CT molecular complexity index is 628. The lowest BCUT2D eigenvalue weighted by atomic mass is 10.1. The molecule has 0 spiro atoms. The van der Waals surface area contributed by atoms with Gasteiger partial charge in [-0.1, -0.05) is 23.9 Å². The molecule has 5 nitrogen and oxygen atoms in total. The lowest BCUT2D eigenvalue weighted by Gasteiger charge is -2.05. The van der Waals surface area contributed by atoms with Gasteiger partial charge in [0.15, 0.2) is 5.16 Å². The number of carbonyl (C=O) groups is 1. The minimum Gasteiger partial charge on any atom is -0.384 e. The molecular weight excluding hydrogens is 303 g/mol. The predicted octanol–water partition coefficient (Wildman–Crippen LogP) is 1.96. The first kappa shape index (κ1) is 16.2. The van der Waals surface area contributed by atoms with Gasteiger partial charge in [0.2, 0.25) is 5.91 Å². The fourth-order valence-electron chi connectivity index (χ4n) is 1.81. The van der Waals surface area contributed by atoms with Crippen LogP contribution in [0.25, 0.3) is 0 Å². The average molecular weight is 320 g/mol. The van der Waals surface area contributed by atoms with Crippen molar-refractivity contribution < 1.29 is 9.18 Å². The fraction of sp³-hybridized carbons (Fsp3) is 0.267. The lowest BCUT2D eigenvalue weighted by molar-refractivity contribution is -0.118. The number of nitrogen functional groups attached to an aromatic ring is 1. The van der Waals surface area contributed by atoms with Crippen molar-refractivity contribution in [1.29, 1.82) is 0 Å². The number of aryl methyl sites for hydroxylation is 1. The number of halogens is 1. The summed E-state index contributed by atoms with van der Waals surface area (Å²) in [6.45, 7) is 2.33. The highest BCUT2D eigenvalue weighted by molar-refractivity contribution is 7.99. The van der Waals surface area contributed by atoms with Gasteiger partial charge in [0.25, 0.3) is 0 Å². The number of benzene rings is 1. The summed E-state index contributed by atoms with van der Waals surface area (Å²) in [7, 11) is 0. The molecule has 116 valence electrons. The second kappa shape index (κ2) is 7.74. The van der Waals surface area contributed by atoms with Crippen molar-refractivity contribution in [3.05, 3.63) is 47.4 Å². The van der Waals surface area contributed by atoms with E-state index < -0.39 is 0 Å². The number of anilines is 1. The minimum absolute atomic E-state index is 0.101. The van der Waals surface area contributed by atoms with Gasteiger partial charge in [-0.15, -0.1) is 0 Å². The first-order chi connectivity index (χ1) is 10.5. The molecule has 1 aromatic carbocycles. The van der Waals surface area contributed by atoms with Gasteiger partial charge in [-0.2, -0.15) is 0 Å². The number of nitrogens with zero attached hydrogens (tertiary/aromatic N) is 2. The molecule has 0 fully saturated rings.